The molecule has 1 saturated heterocycles. The van der Waals surface area contributed by atoms with Crippen molar-refractivity contribution >= 4 is 22.5 Å². The van der Waals surface area contributed by atoms with E-state index in [-0.39, 0.29) is 0 Å². The van der Waals surface area contributed by atoms with Gasteiger partial charge in [-0.05, 0) is 43.5 Å². The molecule has 1 aliphatic rings. The maximum atomic E-state index is 6.02. The predicted octanol–water partition coefficient (Wildman–Crippen LogP) is 3.02. The topological polar surface area (TPSA) is 37.8 Å². The normalized spacial score (nSPS) is 20.0. The van der Waals surface area contributed by atoms with E-state index >= 15 is 0 Å². The number of hydrogen-bond acceptors (Lipinski definition) is 3. The molecular formula is C13H14ClN3. The largest absolute Gasteiger partial charge is 0.309 e. The third-order valence-corrected chi connectivity index (χ3v) is 3.49. The van der Waals surface area contributed by atoms with Crippen molar-refractivity contribution in [3.8, 4) is 0 Å². The lowest BCUT2D eigenvalue weighted by Crippen LogP contribution is -2.15. The van der Waals surface area contributed by atoms with Crippen molar-refractivity contribution in [1.82, 2.24) is 15.3 Å². The second kappa shape index (κ2) is 4.24. The van der Waals surface area contributed by atoms with Gasteiger partial charge in [0.05, 0.1) is 17.3 Å². The fourth-order valence-electron chi connectivity index (χ4n) is 2.47. The van der Waals surface area contributed by atoms with Crippen molar-refractivity contribution in [2.75, 3.05) is 6.54 Å². The lowest BCUT2D eigenvalue weighted by atomic mass is 10.0. The van der Waals surface area contributed by atoms with Crippen LogP contribution in [-0.2, 0) is 0 Å². The van der Waals surface area contributed by atoms with Gasteiger partial charge in [-0.2, -0.15) is 0 Å². The molecule has 3 nitrogen and oxygen atoms in total. The van der Waals surface area contributed by atoms with E-state index in [9.17, 15) is 0 Å². The molecule has 0 bridgehead atoms. The van der Waals surface area contributed by atoms with Gasteiger partial charge in [-0.15, -0.1) is 0 Å². The van der Waals surface area contributed by atoms with Crippen LogP contribution in [0, 0.1) is 6.92 Å². The van der Waals surface area contributed by atoms with Crippen molar-refractivity contribution in [2.45, 2.75) is 25.8 Å². The Morgan fingerprint density at radius 3 is 3.00 bits per heavy atom. The van der Waals surface area contributed by atoms with Crippen LogP contribution in [0.1, 0.15) is 30.1 Å². The minimum Gasteiger partial charge on any atom is -0.309 e. The zero-order valence-corrected chi connectivity index (χ0v) is 10.5. The average Bonchev–Trinajstić information content (AvgIpc) is 2.83. The van der Waals surface area contributed by atoms with Crippen LogP contribution in [0.5, 0.6) is 0 Å². The Labute approximate surface area is 105 Å². The van der Waals surface area contributed by atoms with Crippen LogP contribution in [0.25, 0.3) is 10.9 Å². The molecule has 0 saturated carbocycles. The van der Waals surface area contributed by atoms with Crippen molar-refractivity contribution in [1.29, 1.82) is 0 Å². The molecule has 1 fully saturated rings. The van der Waals surface area contributed by atoms with Gasteiger partial charge in [0, 0.05) is 5.39 Å². The monoisotopic (exact) mass is 247 g/mol. The van der Waals surface area contributed by atoms with Gasteiger partial charge in [-0.1, -0.05) is 18.2 Å². The molecule has 0 aliphatic carbocycles. The number of aryl methyl sites for hydroxylation is 1. The number of benzene rings is 1. The van der Waals surface area contributed by atoms with E-state index in [1.165, 1.54) is 6.42 Å². The second-order valence-corrected chi connectivity index (χ2v) is 4.84. The highest BCUT2D eigenvalue weighted by molar-refractivity contribution is 6.28. The van der Waals surface area contributed by atoms with Gasteiger partial charge in [0.1, 0.15) is 0 Å². The molecule has 2 heterocycles. The molecule has 1 aromatic carbocycles. The van der Waals surface area contributed by atoms with Crippen LogP contribution in [0.4, 0.5) is 0 Å². The summed E-state index contributed by atoms with van der Waals surface area (Å²) in [6, 6.07) is 6.50. The van der Waals surface area contributed by atoms with Crippen LogP contribution in [0.2, 0.25) is 5.28 Å². The molecule has 0 radical (unpaired) electrons. The number of nitrogens with zero attached hydrogens (tertiary/aromatic N) is 2. The fraction of sp³-hybridized carbons (Fsp3) is 0.385. The molecule has 3 rings (SSSR count). The van der Waals surface area contributed by atoms with Gasteiger partial charge >= 0.3 is 0 Å². The summed E-state index contributed by atoms with van der Waals surface area (Å²) in [4.78, 5) is 8.75. The number of fused-ring (bicyclic) bond motifs is 1. The Balaban J connectivity index is 2.25. The van der Waals surface area contributed by atoms with E-state index in [1.54, 1.807) is 0 Å². The third-order valence-electron chi connectivity index (χ3n) is 3.32. The molecule has 0 spiro atoms. The van der Waals surface area contributed by atoms with Crippen LogP contribution in [0.15, 0.2) is 18.2 Å². The van der Waals surface area contributed by atoms with Crippen molar-refractivity contribution < 1.29 is 0 Å². The Morgan fingerprint density at radius 1 is 1.35 bits per heavy atom. The van der Waals surface area contributed by atoms with Crippen LogP contribution in [0.3, 0.4) is 0 Å². The van der Waals surface area contributed by atoms with Gasteiger partial charge in [0.25, 0.3) is 0 Å². The number of rotatable bonds is 1. The quantitative estimate of drug-likeness (QED) is 0.788. The zero-order chi connectivity index (χ0) is 11.8. The van der Waals surface area contributed by atoms with E-state index in [0.717, 1.165) is 35.1 Å². The van der Waals surface area contributed by atoms with E-state index in [0.29, 0.717) is 11.3 Å². The SMILES string of the molecule is Cc1cccc2c(C3CCCN3)nc(Cl)nc12. The first-order valence-corrected chi connectivity index (χ1v) is 6.29. The lowest BCUT2D eigenvalue weighted by molar-refractivity contribution is 0.632. The molecule has 1 unspecified atom stereocenters. The number of hydrogen-bond donors (Lipinski definition) is 1. The summed E-state index contributed by atoms with van der Waals surface area (Å²) >= 11 is 6.02. The molecule has 1 aliphatic heterocycles. The van der Waals surface area contributed by atoms with Crippen LogP contribution >= 0.6 is 11.6 Å². The Hall–Kier alpha value is -1.19. The smallest absolute Gasteiger partial charge is 0.223 e. The minimum absolute atomic E-state index is 0.319. The van der Waals surface area contributed by atoms with Crippen LogP contribution in [-0.4, -0.2) is 16.5 Å². The Bertz CT molecular complexity index is 562. The van der Waals surface area contributed by atoms with Crippen molar-refractivity contribution in [3.05, 3.63) is 34.7 Å². The highest BCUT2D eigenvalue weighted by Crippen LogP contribution is 2.29. The second-order valence-electron chi connectivity index (χ2n) is 4.50. The fourth-order valence-corrected chi connectivity index (χ4v) is 2.65. The first-order valence-electron chi connectivity index (χ1n) is 5.92. The minimum atomic E-state index is 0.319. The van der Waals surface area contributed by atoms with E-state index in [2.05, 4.69) is 34.3 Å². The van der Waals surface area contributed by atoms with Gasteiger partial charge in [0.15, 0.2) is 0 Å². The maximum Gasteiger partial charge on any atom is 0.223 e. The Kier molecular flexibility index (Phi) is 2.73. The predicted molar refractivity (Wildman–Crippen MR) is 69.3 cm³/mol. The summed E-state index contributed by atoms with van der Waals surface area (Å²) in [5, 5.41) is 4.93. The standard InChI is InChI=1S/C13H14ClN3/c1-8-4-2-5-9-11(8)16-13(14)17-12(9)10-6-3-7-15-10/h2,4-5,10,15H,3,6-7H2,1H3. The van der Waals surface area contributed by atoms with Gasteiger partial charge < -0.3 is 5.32 Å². The summed E-state index contributed by atoms with van der Waals surface area (Å²) in [6.07, 6.45) is 2.32. The number of halogens is 1. The number of nitrogens with one attached hydrogen (secondary N) is 1. The molecule has 17 heavy (non-hydrogen) atoms. The number of para-hydroxylation sites is 1. The van der Waals surface area contributed by atoms with Gasteiger partial charge in [-0.25, -0.2) is 9.97 Å². The summed E-state index contributed by atoms with van der Waals surface area (Å²) < 4.78 is 0. The summed E-state index contributed by atoms with van der Waals surface area (Å²) in [7, 11) is 0. The molecule has 88 valence electrons. The zero-order valence-electron chi connectivity index (χ0n) is 9.70. The van der Waals surface area contributed by atoms with Gasteiger partial charge in [-0.3, -0.25) is 0 Å². The van der Waals surface area contributed by atoms with Crippen molar-refractivity contribution in [3.63, 3.8) is 0 Å². The summed E-state index contributed by atoms with van der Waals surface area (Å²) in [5.41, 5.74) is 3.16. The van der Waals surface area contributed by atoms with Crippen molar-refractivity contribution in [2.24, 2.45) is 0 Å². The molecular weight excluding hydrogens is 234 g/mol. The molecule has 0 amide bonds. The molecule has 1 atom stereocenters. The molecule has 2 aromatic rings. The highest BCUT2D eigenvalue weighted by Gasteiger charge is 2.21. The molecule has 1 aromatic heterocycles. The number of aromatic nitrogens is 2. The lowest BCUT2D eigenvalue weighted by Gasteiger charge is -2.13. The Morgan fingerprint density at radius 2 is 2.24 bits per heavy atom. The average molecular weight is 248 g/mol. The van der Waals surface area contributed by atoms with E-state index in [4.69, 9.17) is 11.6 Å². The summed E-state index contributed by atoms with van der Waals surface area (Å²) in [6.45, 7) is 3.11. The maximum absolute atomic E-state index is 6.02. The molecule has 1 N–H and O–H groups in total. The first-order chi connectivity index (χ1) is 8.25. The van der Waals surface area contributed by atoms with E-state index in [1.807, 2.05) is 6.07 Å². The van der Waals surface area contributed by atoms with Gasteiger partial charge in [0.2, 0.25) is 5.28 Å². The molecule has 4 heteroatoms. The third kappa shape index (κ3) is 1.90. The first kappa shape index (κ1) is 10.9. The summed E-state index contributed by atoms with van der Waals surface area (Å²) in [5.74, 6) is 0. The van der Waals surface area contributed by atoms with E-state index < -0.39 is 0 Å². The van der Waals surface area contributed by atoms with Crippen LogP contribution < -0.4 is 5.32 Å². The highest BCUT2D eigenvalue weighted by atomic mass is 35.5.